The van der Waals surface area contributed by atoms with Crippen LogP contribution in [0.15, 0.2) is 72.8 Å². The number of phenolic OH excluding ortho intramolecular Hbond substituents is 4. The van der Waals surface area contributed by atoms with Crippen LogP contribution in [-0.2, 0) is 0 Å². The van der Waals surface area contributed by atoms with Gasteiger partial charge in [-0.2, -0.15) is 0 Å². The lowest BCUT2D eigenvalue weighted by Gasteiger charge is -2.00. The van der Waals surface area contributed by atoms with Crippen LogP contribution < -0.4 is 0 Å². The molecular weight excluding hydrogens is 304 g/mol. The van der Waals surface area contributed by atoms with Crippen molar-refractivity contribution in [1.29, 1.82) is 0 Å². The summed E-state index contributed by atoms with van der Waals surface area (Å²) in [5.74, 6) is 0.736. The van der Waals surface area contributed by atoms with E-state index in [1.807, 2.05) is 12.1 Å². The maximum atomic E-state index is 9.38. The molecule has 4 aromatic carbocycles. The Kier molecular flexibility index (Phi) is 4.12. The van der Waals surface area contributed by atoms with Crippen molar-refractivity contribution in [2.45, 2.75) is 0 Å². The van der Waals surface area contributed by atoms with Crippen molar-refractivity contribution in [3.05, 3.63) is 72.8 Å². The van der Waals surface area contributed by atoms with Gasteiger partial charge in [0, 0.05) is 10.8 Å². The first kappa shape index (κ1) is 15.5. The fourth-order valence-corrected chi connectivity index (χ4v) is 2.49. The van der Waals surface area contributed by atoms with Crippen LogP contribution in [-0.4, -0.2) is 20.4 Å². The molecule has 4 nitrogen and oxygen atoms in total. The Labute approximate surface area is 138 Å². The first-order valence-corrected chi connectivity index (χ1v) is 7.36. The Morgan fingerprint density at radius 3 is 1.29 bits per heavy atom. The van der Waals surface area contributed by atoms with Crippen LogP contribution in [0.2, 0.25) is 0 Å². The highest BCUT2D eigenvalue weighted by atomic mass is 16.3. The van der Waals surface area contributed by atoms with E-state index in [2.05, 4.69) is 0 Å². The van der Waals surface area contributed by atoms with Gasteiger partial charge in [-0.05, 0) is 47.2 Å². The van der Waals surface area contributed by atoms with Gasteiger partial charge in [0.15, 0.2) is 0 Å². The van der Waals surface area contributed by atoms with Crippen molar-refractivity contribution in [2.75, 3.05) is 0 Å². The van der Waals surface area contributed by atoms with Gasteiger partial charge in [0.1, 0.15) is 23.0 Å². The van der Waals surface area contributed by atoms with Gasteiger partial charge in [0.2, 0.25) is 0 Å². The number of phenols is 4. The number of fused-ring (bicyclic) bond motifs is 2. The summed E-state index contributed by atoms with van der Waals surface area (Å²) in [4.78, 5) is 0. The van der Waals surface area contributed by atoms with E-state index in [9.17, 15) is 10.2 Å². The van der Waals surface area contributed by atoms with Crippen LogP contribution in [0, 0.1) is 0 Å². The number of rotatable bonds is 0. The van der Waals surface area contributed by atoms with Gasteiger partial charge in [-0.1, -0.05) is 36.4 Å². The zero-order valence-corrected chi connectivity index (χ0v) is 12.7. The Morgan fingerprint density at radius 1 is 0.458 bits per heavy atom. The molecule has 0 saturated heterocycles. The summed E-state index contributed by atoms with van der Waals surface area (Å²) in [5.41, 5.74) is 0. The minimum atomic E-state index is 0.170. The highest BCUT2D eigenvalue weighted by Gasteiger charge is 1.99. The van der Waals surface area contributed by atoms with Gasteiger partial charge in [0.05, 0.1) is 0 Å². The molecule has 4 rings (SSSR count). The van der Waals surface area contributed by atoms with Crippen molar-refractivity contribution < 1.29 is 20.4 Å². The molecule has 0 atom stereocenters. The van der Waals surface area contributed by atoms with Crippen molar-refractivity contribution >= 4 is 21.5 Å². The van der Waals surface area contributed by atoms with E-state index in [4.69, 9.17) is 10.2 Å². The van der Waals surface area contributed by atoms with E-state index in [0.717, 1.165) is 10.8 Å². The molecule has 0 radical (unpaired) electrons. The molecule has 0 saturated carbocycles. The van der Waals surface area contributed by atoms with Crippen LogP contribution >= 0.6 is 0 Å². The van der Waals surface area contributed by atoms with Crippen molar-refractivity contribution in [1.82, 2.24) is 0 Å². The van der Waals surface area contributed by atoms with E-state index in [1.54, 1.807) is 60.7 Å². The quantitative estimate of drug-likeness (QED) is 0.384. The topological polar surface area (TPSA) is 80.9 Å². The Balaban J connectivity index is 0.000000141. The van der Waals surface area contributed by atoms with Gasteiger partial charge >= 0.3 is 0 Å². The van der Waals surface area contributed by atoms with E-state index in [0.29, 0.717) is 10.8 Å². The molecule has 120 valence electrons. The van der Waals surface area contributed by atoms with Crippen LogP contribution in [0.5, 0.6) is 23.0 Å². The normalized spacial score (nSPS) is 10.3. The first-order chi connectivity index (χ1) is 11.5. The second-order valence-corrected chi connectivity index (χ2v) is 5.37. The zero-order chi connectivity index (χ0) is 17.1. The Morgan fingerprint density at radius 2 is 0.875 bits per heavy atom. The van der Waals surface area contributed by atoms with E-state index < -0.39 is 0 Å². The van der Waals surface area contributed by atoms with E-state index >= 15 is 0 Å². The highest BCUT2D eigenvalue weighted by molar-refractivity contribution is 5.89. The Bertz CT molecular complexity index is 925. The summed E-state index contributed by atoms with van der Waals surface area (Å²) in [7, 11) is 0. The summed E-state index contributed by atoms with van der Waals surface area (Å²) in [6.07, 6.45) is 0. The third-order valence-corrected chi connectivity index (χ3v) is 3.69. The lowest BCUT2D eigenvalue weighted by atomic mass is 10.1. The number of aromatic hydroxyl groups is 4. The van der Waals surface area contributed by atoms with Crippen LogP contribution in [0.3, 0.4) is 0 Å². The third-order valence-electron chi connectivity index (χ3n) is 3.69. The second-order valence-electron chi connectivity index (χ2n) is 5.37. The second kappa shape index (κ2) is 6.38. The molecule has 4 heteroatoms. The molecule has 0 spiro atoms. The first-order valence-electron chi connectivity index (χ1n) is 7.36. The third kappa shape index (κ3) is 3.17. The van der Waals surface area contributed by atoms with Gasteiger partial charge < -0.3 is 20.4 Å². The van der Waals surface area contributed by atoms with Gasteiger partial charge in [0.25, 0.3) is 0 Å². The van der Waals surface area contributed by atoms with E-state index in [1.165, 1.54) is 0 Å². The van der Waals surface area contributed by atoms with Crippen LogP contribution in [0.4, 0.5) is 0 Å². The average molecular weight is 320 g/mol. The summed E-state index contributed by atoms with van der Waals surface area (Å²) in [6.45, 7) is 0. The molecule has 0 aliphatic heterocycles. The summed E-state index contributed by atoms with van der Waals surface area (Å²) in [5, 5.41) is 40.3. The van der Waals surface area contributed by atoms with Crippen LogP contribution in [0.1, 0.15) is 0 Å². The maximum Gasteiger partial charge on any atom is 0.123 e. The largest absolute Gasteiger partial charge is 0.508 e. The predicted molar refractivity (Wildman–Crippen MR) is 94.6 cm³/mol. The van der Waals surface area contributed by atoms with Gasteiger partial charge in [-0.15, -0.1) is 0 Å². The standard InChI is InChI=1S/2C10H8O2/c2*11-8-5-4-7-2-1-3-10(12)9(7)6-8/h2*1-6,11-12H. The minimum absolute atomic E-state index is 0.170. The molecule has 0 heterocycles. The fraction of sp³-hybridized carbons (Fsp3) is 0. The molecule has 4 aromatic rings. The molecule has 4 N–H and O–H groups in total. The van der Waals surface area contributed by atoms with Crippen molar-refractivity contribution in [2.24, 2.45) is 0 Å². The van der Waals surface area contributed by atoms with Crippen LogP contribution in [0.25, 0.3) is 21.5 Å². The van der Waals surface area contributed by atoms with Crippen molar-refractivity contribution in [3.8, 4) is 23.0 Å². The molecule has 0 aliphatic carbocycles. The molecule has 0 bridgehead atoms. The lowest BCUT2D eigenvalue weighted by Crippen LogP contribution is -1.72. The number of hydrogen-bond acceptors (Lipinski definition) is 4. The summed E-state index contributed by atoms with van der Waals surface area (Å²) in [6, 6.07) is 20.3. The maximum absolute atomic E-state index is 9.38. The summed E-state index contributed by atoms with van der Waals surface area (Å²) >= 11 is 0. The summed E-state index contributed by atoms with van der Waals surface area (Å²) < 4.78 is 0. The van der Waals surface area contributed by atoms with E-state index in [-0.39, 0.29) is 23.0 Å². The molecular formula is C20H16O4. The number of hydrogen-bond donors (Lipinski definition) is 4. The SMILES string of the molecule is Oc1ccc2cccc(O)c2c1.Oc1ccc2cccc(O)c2c1. The smallest absolute Gasteiger partial charge is 0.123 e. The number of benzene rings is 4. The zero-order valence-electron chi connectivity index (χ0n) is 12.7. The lowest BCUT2D eigenvalue weighted by molar-refractivity contribution is 0.471. The molecule has 0 amide bonds. The minimum Gasteiger partial charge on any atom is -0.508 e. The fourth-order valence-electron chi connectivity index (χ4n) is 2.49. The monoisotopic (exact) mass is 320 g/mol. The van der Waals surface area contributed by atoms with Gasteiger partial charge in [-0.25, -0.2) is 0 Å². The highest BCUT2D eigenvalue weighted by Crippen LogP contribution is 2.28. The Hall–Kier alpha value is -3.40. The predicted octanol–water partition coefficient (Wildman–Crippen LogP) is 4.50. The molecule has 0 aliphatic rings. The molecule has 24 heavy (non-hydrogen) atoms. The molecule has 0 unspecified atom stereocenters. The molecule has 0 fully saturated rings. The molecule has 0 aromatic heterocycles. The van der Waals surface area contributed by atoms with Gasteiger partial charge in [-0.3, -0.25) is 0 Å². The average Bonchev–Trinajstić information content (AvgIpc) is 2.57. The van der Waals surface area contributed by atoms with Crippen molar-refractivity contribution in [3.63, 3.8) is 0 Å².